The molecule has 1 atom stereocenters. The quantitative estimate of drug-likeness (QED) is 0.660. The fourth-order valence-electron chi connectivity index (χ4n) is 1.96. The molecule has 0 aliphatic carbocycles. The van der Waals surface area contributed by atoms with Gasteiger partial charge in [0.15, 0.2) is 0 Å². The summed E-state index contributed by atoms with van der Waals surface area (Å²) in [5.74, 6) is 0. The van der Waals surface area contributed by atoms with E-state index in [0.717, 1.165) is 0 Å². The van der Waals surface area contributed by atoms with Crippen molar-refractivity contribution in [3.8, 4) is 0 Å². The third-order valence-corrected chi connectivity index (χ3v) is 3.34. The number of fused-ring (bicyclic) bond motifs is 1. The standard InChI is InChI=1S/C15H15P.C2H6/c1-3-7-11-10-12-8-5-6-9-14(12)15(16)13(11)4-2;1-2/h3-10H,2,16H2,1H3;1-2H3/b7-3-;. The van der Waals surface area contributed by atoms with Gasteiger partial charge in [-0.2, -0.15) is 0 Å². The molecule has 0 N–H and O–H groups in total. The molecular weight excluding hydrogens is 235 g/mol. The number of benzene rings is 2. The minimum Gasteiger partial charge on any atom is -0.104 e. The minimum absolute atomic E-state index is 1.20. The average molecular weight is 256 g/mol. The molecule has 94 valence electrons. The van der Waals surface area contributed by atoms with Crippen LogP contribution in [0.5, 0.6) is 0 Å². The van der Waals surface area contributed by atoms with Crippen molar-refractivity contribution >= 4 is 37.5 Å². The first-order chi connectivity index (χ1) is 8.77. The molecule has 2 rings (SSSR count). The van der Waals surface area contributed by atoms with Gasteiger partial charge in [0, 0.05) is 0 Å². The van der Waals surface area contributed by atoms with Crippen molar-refractivity contribution in [2.24, 2.45) is 0 Å². The van der Waals surface area contributed by atoms with Crippen molar-refractivity contribution in [1.82, 2.24) is 0 Å². The van der Waals surface area contributed by atoms with Crippen molar-refractivity contribution < 1.29 is 0 Å². The second-order valence-electron chi connectivity index (χ2n) is 3.72. The second-order valence-corrected chi connectivity index (χ2v) is 4.30. The molecule has 1 unspecified atom stereocenters. The van der Waals surface area contributed by atoms with Crippen LogP contribution in [0.2, 0.25) is 0 Å². The highest BCUT2D eigenvalue weighted by atomic mass is 31.0. The van der Waals surface area contributed by atoms with Gasteiger partial charge in [0.25, 0.3) is 0 Å². The zero-order valence-electron chi connectivity index (χ0n) is 11.4. The highest BCUT2D eigenvalue weighted by Crippen LogP contribution is 2.22. The predicted molar refractivity (Wildman–Crippen MR) is 89.4 cm³/mol. The van der Waals surface area contributed by atoms with E-state index in [9.17, 15) is 0 Å². The van der Waals surface area contributed by atoms with E-state index in [1.807, 2.05) is 26.8 Å². The van der Waals surface area contributed by atoms with Crippen LogP contribution < -0.4 is 5.30 Å². The maximum absolute atomic E-state index is 3.89. The zero-order chi connectivity index (χ0) is 13.5. The van der Waals surface area contributed by atoms with Crippen LogP contribution in [-0.2, 0) is 0 Å². The molecule has 0 nitrogen and oxygen atoms in total. The van der Waals surface area contributed by atoms with Gasteiger partial charge >= 0.3 is 0 Å². The summed E-state index contributed by atoms with van der Waals surface area (Å²) >= 11 is 0. The van der Waals surface area contributed by atoms with Gasteiger partial charge in [-0.1, -0.05) is 62.9 Å². The molecule has 0 aliphatic heterocycles. The lowest BCUT2D eigenvalue weighted by Gasteiger charge is -2.10. The molecule has 0 radical (unpaired) electrons. The lowest BCUT2D eigenvalue weighted by Crippen LogP contribution is -2.01. The molecule has 0 heterocycles. The van der Waals surface area contributed by atoms with Crippen molar-refractivity contribution in [3.05, 3.63) is 54.1 Å². The lowest BCUT2D eigenvalue weighted by atomic mass is 10.0. The average Bonchev–Trinajstić information content (AvgIpc) is 2.42. The Bertz CT molecular complexity index is 565. The molecule has 0 saturated heterocycles. The smallest absolute Gasteiger partial charge is 0.0106 e. The fourth-order valence-corrected chi connectivity index (χ4v) is 2.51. The molecule has 1 heteroatoms. The lowest BCUT2D eigenvalue weighted by molar-refractivity contribution is 1.50. The zero-order valence-corrected chi connectivity index (χ0v) is 12.6. The van der Waals surface area contributed by atoms with Crippen molar-refractivity contribution in [3.63, 3.8) is 0 Å². The van der Waals surface area contributed by atoms with Gasteiger partial charge in [0.2, 0.25) is 0 Å². The van der Waals surface area contributed by atoms with Gasteiger partial charge in [-0.3, -0.25) is 0 Å². The normalized spacial score (nSPS) is 10.2. The van der Waals surface area contributed by atoms with Crippen LogP contribution in [0, 0.1) is 0 Å². The van der Waals surface area contributed by atoms with Crippen LogP contribution in [-0.4, -0.2) is 0 Å². The Kier molecular flexibility index (Phi) is 5.82. The molecule has 0 aromatic heterocycles. The van der Waals surface area contributed by atoms with Crippen LogP contribution in [0.4, 0.5) is 0 Å². The first kappa shape index (κ1) is 14.7. The van der Waals surface area contributed by atoms with Crippen molar-refractivity contribution in [1.29, 1.82) is 0 Å². The second kappa shape index (κ2) is 7.13. The summed E-state index contributed by atoms with van der Waals surface area (Å²) in [4.78, 5) is 0. The third-order valence-electron chi connectivity index (χ3n) is 2.71. The first-order valence-electron chi connectivity index (χ1n) is 6.34. The molecule has 0 amide bonds. The Labute approximate surface area is 113 Å². The maximum Gasteiger partial charge on any atom is -0.0106 e. The molecule has 0 fully saturated rings. The van der Waals surface area contributed by atoms with Crippen LogP contribution in [0.15, 0.2) is 43.0 Å². The monoisotopic (exact) mass is 256 g/mol. The van der Waals surface area contributed by atoms with E-state index in [4.69, 9.17) is 0 Å². The van der Waals surface area contributed by atoms with E-state index in [1.165, 1.54) is 27.2 Å². The molecule has 0 aliphatic rings. The van der Waals surface area contributed by atoms with Crippen molar-refractivity contribution in [2.45, 2.75) is 20.8 Å². The van der Waals surface area contributed by atoms with Gasteiger partial charge in [-0.25, -0.2) is 0 Å². The van der Waals surface area contributed by atoms with Gasteiger partial charge in [0.1, 0.15) is 0 Å². The minimum atomic E-state index is 1.20. The first-order valence-corrected chi connectivity index (χ1v) is 6.92. The van der Waals surface area contributed by atoms with Crippen molar-refractivity contribution in [2.75, 3.05) is 0 Å². The Morgan fingerprint density at radius 2 is 1.83 bits per heavy atom. The largest absolute Gasteiger partial charge is 0.104 e. The molecule has 0 spiro atoms. The van der Waals surface area contributed by atoms with Gasteiger partial charge < -0.3 is 0 Å². The van der Waals surface area contributed by atoms with E-state index in [-0.39, 0.29) is 0 Å². The van der Waals surface area contributed by atoms with Crippen LogP contribution >= 0.6 is 9.24 Å². The fraction of sp³-hybridized carbons (Fsp3) is 0.176. The van der Waals surface area contributed by atoms with E-state index >= 15 is 0 Å². The predicted octanol–water partition coefficient (Wildman–Crippen LogP) is 5.04. The maximum atomic E-state index is 3.89. The molecule has 2 aromatic rings. The van der Waals surface area contributed by atoms with Crippen LogP contribution in [0.25, 0.3) is 22.9 Å². The summed E-state index contributed by atoms with van der Waals surface area (Å²) in [6, 6.07) is 10.6. The highest BCUT2D eigenvalue weighted by molar-refractivity contribution is 7.28. The summed E-state index contributed by atoms with van der Waals surface area (Å²) < 4.78 is 0. The van der Waals surface area contributed by atoms with Crippen LogP contribution in [0.1, 0.15) is 31.9 Å². The SMILES string of the molecule is C=Cc1c(/C=C\C)cc2ccccc2c1P.CC. The summed E-state index contributed by atoms with van der Waals surface area (Å²) in [5, 5.41) is 3.77. The Balaban J connectivity index is 0.000000771. The summed E-state index contributed by atoms with van der Waals surface area (Å²) in [6.07, 6.45) is 6.10. The number of hydrogen-bond acceptors (Lipinski definition) is 0. The Morgan fingerprint density at radius 1 is 1.17 bits per heavy atom. The Morgan fingerprint density at radius 3 is 2.44 bits per heavy atom. The number of hydrogen-bond donors (Lipinski definition) is 0. The topological polar surface area (TPSA) is 0 Å². The van der Waals surface area contributed by atoms with Gasteiger partial charge in [-0.15, -0.1) is 9.24 Å². The summed E-state index contributed by atoms with van der Waals surface area (Å²) in [5.41, 5.74) is 2.42. The van der Waals surface area contributed by atoms with Gasteiger partial charge in [0.05, 0.1) is 0 Å². The summed E-state index contributed by atoms with van der Waals surface area (Å²) in [7, 11) is 2.83. The van der Waals surface area contributed by atoms with Crippen LogP contribution in [0.3, 0.4) is 0 Å². The third kappa shape index (κ3) is 2.89. The number of allylic oxidation sites excluding steroid dienone is 1. The van der Waals surface area contributed by atoms with E-state index in [0.29, 0.717) is 0 Å². The molecule has 0 saturated carbocycles. The molecule has 18 heavy (non-hydrogen) atoms. The van der Waals surface area contributed by atoms with E-state index in [1.54, 1.807) is 0 Å². The summed E-state index contributed by atoms with van der Waals surface area (Å²) in [6.45, 7) is 9.93. The highest BCUT2D eigenvalue weighted by Gasteiger charge is 2.05. The molecular formula is C17H21P. The van der Waals surface area contributed by atoms with E-state index in [2.05, 4.69) is 58.3 Å². The number of rotatable bonds is 2. The van der Waals surface area contributed by atoms with Gasteiger partial charge in [-0.05, 0) is 40.2 Å². The molecule has 2 aromatic carbocycles. The van der Waals surface area contributed by atoms with E-state index < -0.39 is 0 Å². The molecule has 0 bridgehead atoms. The Hall–Kier alpha value is -1.39.